The standard InChI is InChI=1S/C30H34FN3O5/c1-3-21(4-2)20-33-13-15-34(16-14-33)30(37)32-24-17-27(38-25-9-5-22(6-10-25)29(35)36)19-28(18-24)39-26-11-7-23(31)8-12-26/h5-12,17-19,21H,3-4,13-16,20H2,1-2H3,(H,32,37)(H,35,36). The fourth-order valence-corrected chi connectivity index (χ4v) is 4.45. The number of halogens is 1. The summed E-state index contributed by atoms with van der Waals surface area (Å²) in [7, 11) is 0. The van der Waals surface area contributed by atoms with Gasteiger partial charge in [-0.05, 0) is 54.4 Å². The largest absolute Gasteiger partial charge is 0.478 e. The number of hydrogen-bond donors (Lipinski definition) is 2. The molecule has 0 aliphatic carbocycles. The Morgan fingerprint density at radius 2 is 1.38 bits per heavy atom. The number of carbonyl (C=O) groups is 2. The molecule has 0 saturated carbocycles. The Labute approximate surface area is 227 Å². The quantitative estimate of drug-likeness (QED) is 0.300. The van der Waals surface area contributed by atoms with Gasteiger partial charge in [-0.15, -0.1) is 0 Å². The fraction of sp³-hybridized carbons (Fsp3) is 0.333. The third-order valence-electron chi connectivity index (χ3n) is 6.85. The number of nitrogens with zero attached hydrogens (tertiary/aromatic N) is 2. The number of benzene rings is 3. The van der Waals surface area contributed by atoms with Gasteiger partial charge in [-0.25, -0.2) is 14.0 Å². The van der Waals surface area contributed by atoms with Gasteiger partial charge in [0.25, 0.3) is 0 Å². The van der Waals surface area contributed by atoms with Crippen molar-refractivity contribution >= 4 is 17.7 Å². The Balaban J connectivity index is 1.48. The number of nitrogens with one attached hydrogen (secondary N) is 1. The highest BCUT2D eigenvalue weighted by atomic mass is 19.1. The molecule has 1 fully saturated rings. The summed E-state index contributed by atoms with van der Waals surface area (Å²) in [6, 6.07) is 16.4. The molecule has 0 unspecified atom stereocenters. The third kappa shape index (κ3) is 7.94. The minimum absolute atomic E-state index is 0.142. The Kier molecular flexibility index (Phi) is 9.38. The van der Waals surface area contributed by atoms with Crippen LogP contribution in [0.25, 0.3) is 0 Å². The number of aromatic carboxylic acids is 1. The fourth-order valence-electron chi connectivity index (χ4n) is 4.45. The van der Waals surface area contributed by atoms with Crippen LogP contribution in [-0.2, 0) is 0 Å². The maximum absolute atomic E-state index is 13.3. The van der Waals surface area contributed by atoms with Crippen molar-refractivity contribution in [2.45, 2.75) is 26.7 Å². The van der Waals surface area contributed by atoms with E-state index < -0.39 is 5.97 Å². The number of carbonyl (C=O) groups excluding carboxylic acids is 1. The van der Waals surface area contributed by atoms with Crippen molar-refractivity contribution in [3.63, 3.8) is 0 Å². The molecule has 0 bridgehead atoms. The second-order valence-corrected chi connectivity index (χ2v) is 9.58. The highest BCUT2D eigenvalue weighted by Gasteiger charge is 2.23. The molecule has 9 heteroatoms. The van der Waals surface area contributed by atoms with Gasteiger partial charge in [-0.2, -0.15) is 0 Å². The number of piperazine rings is 1. The zero-order chi connectivity index (χ0) is 27.8. The molecule has 39 heavy (non-hydrogen) atoms. The Morgan fingerprint density at radius 3 is 1.90 bits per heavy atom. The molecule has 8 nitrogen and oxygen atoms in total. The molecule has 1 aliphatic heterocycles. The monoisotopic (exact) mass is 535 g/mol. The molecular formula is C30H34FN3O5. The minimum Gasteiger partial charge on any atom is -0.478 e. The number of urea groups is 1. The van der Waals surface area contributed by atoms with Gasteiger partial charge >= 0.3 is 12.0 Å². The number of ether oxygens (including phenoxy) is 2. The molecule has 2 N–H and O–H groups in total. The summed E-state index contributed by atoms with van der Waals surface area (Å²) in [5.74, 6) is 0.868. The number of carboxylic acids is 1. The van der Waals surface area contributed by atoms with Gasteiger partial charge in [0, 0.05) is 56.6 Å². The predicted octanol–water partition coefficient (Wildman–Crippen LogP) is 6.69. The lowest BCUT2D eigenvalue weighted by Gasteiger charge is -2.36. The van der Waals surface area contributed by atoms with Gasteiger partial charge in [-0.1, -0.05) is 26.7 Å². The van der Waals surface area contributed by atoms with E-state index in [0.717, 1.165) is 32.5 Å². The van der Waals surface area contributed by atoms with E-state index in [2.05, 4.69) is 24.1 Å². The topological polar surface area (TPSA) is 91.3 Å². The van der Waals surface area contributed by atoms with Crippen LogP contribution >= 0.6 is 0 Å². The summed E-state index contributed by atoms with van der Waals surface area (Å²) in [6.07, 6.45) is 2.31. The average molecular weight is 536 g/mol. The number of hydrogen-bond acceptors (Lipinski definition) is 5. The molecular weight excluding hydrogens is 501 g/mol. The van der Waals surface area contributed by atoms with E-state index in [9.17, 15) is 14.0 Å². The smallest absolute Gasteiger partial charge is 0.335 e. The first kappa shape index (κ1) is 27.9. The SMILES string of the molecule is CCC(CC)CN1CCN(C(=O)Nc2cc(Oc3ccc(F)cc3)cc(Oc3ccc(C(=O)O)cc3)c2)CC1. The number of anilines is 1. The first-order valence-corrected chi connectivity index (χ1v) is 13.2. The van der Waals surface area contributed by atoms with Crippen LogP contribution in [0.1, 0.15) is 37.0 Å². The van der Waals surface area contributed by atoms with Gasteiger partial charge < -0.3 is 24.8 Å². The van der Waals surface area contributed by atoms with Crippen LogP contribution < -0.4 is 14.8 Å². The summed E-state index contributed by atoms with van der Waals surface area (Å²) in [6.45, 7) is 8.42. The van der Waals surface area contributed by atoms with Crippen molar-refractivity contribution in [2.24, 2.45) is 5.92 Å². The van der Waals surface area contributed by atoms with E-state index in [0.29, 0.717) is 47.7 Å². The highest BCUT2D eigenvalue weighted by molar-refractivity contribution is 5.90. The van der Waals surface area contributed by atoms with Crippen molar-refractivity contribution in [3.8, 4) is 23.0 Å². The summed E-state index contributed by atoms with van der Waals surface area (Å²) < 4.78 is 25.2. The van der Waals surface area contributed by atoms with Gasteiger partial charge in [0.1, 0.15) is 28.8 Å². The predicted molar refractivity (Wildman–Crippen MR) is 147 cm³/mol. The summed E-state index contributed by atoms with van der Waals surface area (Å²) >= 11 is 0. The number of rotatable bonds is 10. The van der Waals surface area contributed by atoms with Crippen LogP contribution in [0.5, 0.6) is 23.0 Å². The molecule has 0 aromatic heterocycles. The lowest BCUT2D eigenvalue weighted by Crippen LogP contribution is -2.50. The third-order valence-corrected chi connectivity index (χ3v) is 6.85. The van der Waals surface area contributed by atoms with Crippen LogP contribution in [0, 0.1) is 11.7 Å². The molecule has 3 aromatic carbocycles. The highest BCUT2D eigenvalue weighted by Crippen LogP contribution is 2.33. The second kappa shape index (κ2) is 13.1. The first-order chi connectivity index (χ1) is 18.8. The molecule has 2 amide bonds. The Bertz CT molecular complexity index is 1250. The van der Waals surface area contributed by atoms with Crippen LogP contribution in [0.3, 0.4) is 0 Å². The van der Waals surface area contributed by atoms with Crippen molar-refractivity contribution in [3.05, 3.63) is 78.1 Å². The molecule has 1 aliphatic rings. The molecule has 206 valence electrons. The Hall–Kier alpha value is -4.11. The first-order valence-electron chi connectivity index (χ1n) is 13.2. The molecule has 1 heterocycles. The summed E-state index contributed by atoms with van der Waals surface area (Å²) in [4.78, 5) is 28.5. The number of amides is 2. The van der Waals surface area contributed by atoms with E-state index in [4.69, 9.17) is 14.6 Å². The van der Waals surface area contributed by atoms with Gasteiger partial charge in [0.05, 0.1) is 5.56 Å². The van der Waals surface area contributed by atoms with Crippen LogP contribution in [-0.4, -0.2) is 59.6 Å². The van der Waals surface area contributed by atoms with E-state index in [1.165, 1.54) is 36.4 Å². The van der Waals surface area contributed by atoms with Crippen molar-refractivity contribution < 1.29 is 28.6 Å². The zero-order valence-corrected chi connectivity index (χ0v) is 22.2. The van der Waals surface area contributed by atoms with Gasteiger partial charge in [-0.3, -0.25) is 4.90 Å². The Morgan fingerprint density at radius 1 is 0.846 bits per heavy atom. The van der Waals surface area contributed by atoms with E-state index in [-0.39, 0.29) is 17.4 Å². The van der Waals surface area contributed by atoms with Crippen molar-refractivity contribution in [1.82, 2.24) is 9.80 Å². The number of carboxylic acid groups (broad SMARTS) is 1. The van der Waals surface area contributed by atoms with Gasteiger partial charge in [0.15, 0.2) is 0 Å². The minimum atomic E-state index is -1.03. The molecule has 3 aromatic rings. The van der Waals surface area contributed by atoms with Crippen molar-refractivity contribution in [1.29, 1.82) is 0 Å². The van der Waals surface area contributed by atoms with Crippen molar-refractivity contribution in [2.75, 3.05) is 38.0 Å². The normalized spacial score (nSPS) is 13.8. The lowest BCUT2D eigenvalue weighted by atomic mass is 10.0. The average Bonchev–Trinajstić information content (AvgIpc) is 2.93. The molecule has 0 radical (unpaired) electrons. The lowest BCUT2D eigenvalue weighted by molar-refractivity contribution is 0.0697. The summed E-state index contributed by atoms with van der Waals surface area (Å²) in [5.41, 5.74) is 0.611. The van der Waals surface area contributed by atoms with Gasteiger partial charge in [0.2, 0.25) is 0 Å². The molecule has 4 rings (SSSR count). The van der Waals surface area contributed by atoms with E-state index in [1.54, 1.807) is 35.2 Å². The zero-order valence-electron chi connectivity index (χ0n) is 22.2. The summed E-state index contributed by atoms with van der Waals surface area (Å²) in [5, 5.41) is 12.1. The van der Waals surface area contributed by atoms with Crippen LogP contribution in [0.4, 0.5) is 14.9 Å². The van der Waals surface area contributed by atoms with Crippen LogP contribution in [0.2, 0.25) is 0 Å². The second-order valence-electron chi connectivity index (χ2n) is 9.58. The maximum Gasteiger partial charge on any atom is 0.335 e. The molecule has 0 atom stereocenters. The van der Waals surface area contributed by atoms with Crippen LogP contribution in [0.15, 0.2) is 66.7 Å². The molecule has 1 saturated heterocycles. The van der Waals surface area contributed by atoms with E-state index >= 15 is 0 Å². The molecule has 0 spiro atoms. The van der Waals surface area contributed by atoms with E-state index in [1.807, 2.05) is 0 Å². The maximum atomic E-state index is 13.3.